The summed E-state index contributed by atoms with van der Waals surface area (Å²) in [6.07, 6.45) is 0. The van der Waals surface area contributed by atoms with E-state index in [4.69, 9.17) is 5.53 Å². The van der Waals surface area contributed by atoms with Crippen LogP contribution >= 0.6 is 11.3 Å². The fourth-order valence-electron chi connectivity index (χ4n) is 0.662. The lowest BCUT2D eigenvalue weighted by molar-refractivity contribution is 0.684. The minimum atomic E-state index is -1.00. The predicted octanol–water partition coefficient (Wildman–Crippen LogP) is 2.17. The van der Waals surface area contributed by atoms with Gasteiger partial charge >= 0.3 is 0 Å². The van der Waals surface area contributed by atoms with Gasteiger partial charge in [0.2, 0.25) is 0 Å². The van der Waals surface area contributed by atoms with Crippen molar-refractivity contribution in [3.8, 4) is 0 Å². The molecule has 64 valence electrons. The molecule has 0 spiro atoms. The SMILES string of the molecule is [N-]=[N+]=NCCS(=O)c1cccs1. The van der Waals surface area contributed by atoms with Gasteiger partial charge < -0.3 is 0 Å². The molecule has 1 unspecified atom stereocenters. The van der Waals surface area contributed by atoms with Crippen molar-refractivity contribution in [3.63, 3.8) is 0 Å². The molecular formula is C6H7N3OS2. The fourth-order valence-corrected chi connectivity index (χ4v) is 2.64. The third-order valence-corrected chi connectivity index (χ3v) is 3.81. The molecule has 1 heterocycles. The average Bonchev–Trinajstić information content (AvgIpc) is 2.56. The Balaban J connectivity index is 2.45. The van der Waals surface area contributed by atoms with E-state index < -0.39 is 10.8 Å². The van der Waals surface area contributed by atoms with E-state index in [0.717, 1.165) is 4.21 Å². The molecule has 1 rings (SSSR count). The summed E-state index contributed by atoms with van der Waals surface area (Å²) in [5.74, 6) is 0.407. The molecule has 1 atom stereocenters. The van der Waals surface area contributed by atoms with Gasteiger partial charge in [0.1, 0.15) is 0 Å². The summed E-state index contributed by atoms with van der Waals surface area (Å²) in [6, 6.07) is 3.67. The third kappa shape index (κ3) is 2.65. The van der Waals surface area contributed by atoms with E-state index >= 15 is 0 Å². The molecule has 0 amide bonds. The molecule has 6 heteroatoms. The second-order valence-electron chi connectivity index (χ2n) is 1.94. The van der Waals surface area contributed by atoms with E-state index in [2.05, 4.69) is 10.0 Å². The Kier molecular flexibility index (Phi) is 3.79. The molecule has 0 aliphatic carbocycles. The van der Waals surface area contributed by atoms with Gasteiger partial charge in [0.15, 0.2) is 0 Å². The largest absolute Gasteiger partial charge is 0.254 e. The van der Waals surface area contributed by atoms with E-state index in [0.29, 0.717) is 12.3 Å². The number of rotatable bonds is 4. The highest BCUT2D eigenvalue weighted by molar-refractivity contribution is 7.87. The standard InChI is InChI=1S/C6H7N3OS2/c7-9-8-3-5-12(10)6-2-1-4-11-6/h1-2,4H,3,5H2. The number of thiophene rings is 1. The first-order valence-corrected chi connectivity index (χ1v) is 5.47. The maximum atomic E-state index is 11.3. The van der Waals surface area contributed by atoms with Crippen LogP contribution in [0.3, 0.4) is 0 Å². The van der Waals surface area contributed by atoms with Crippen LogP contribution in [0.5, 0.6) is 0 Å². The van der Waals surface area contributed by atoms with Crippen molar-refractivity contribution in [3.05, 3.63) is 28.0 Å². The first-order valence-electron chi connectivity index (χ1n) is 3.27. The van der Waals surface area contributed by atoms with Crippen LogP contribution in [0.2, 0.25) is 0 Å². The molecule has 4 nitrogen and oxygen atoms in total. The highest BCUT2D eigenvalue weighted by Gasteiger charge is 2.02. The Morgan fingerprint density at radius 2 is 2.58 bits per heavy atom. The minimum Gasteiger partial charge on any atom is -0.254 e. The monoisotopic (exact) mass is 201 g/mol. The van der Waals surface area contributed by atoms with Gasteiger partial charge in [-0.2, -0.15) is 0 Å². The molecule has 1 aromatic heterocycles. The van der Waals surface area contributed by atoms with E-state index in [1.54, 1.807) is 0 Å². The molecule has 0 fully saturated rings. The maximum Gasteiger partial charge on any atom is 0.0910 e. The van der Waals surface area contributed by atoms with Gasteiger partial charge in [0, 0.05) is 17.2 Å². The number of azide groups is 1. The van der Waals surface area contributed by atoms with Gasteiger partial charge in [-0.25, -0.2) is 0 Å². The van der Waals surface area contributed by atoms with Gasteiger partial charge in [0.05, 0.1) is 15.0 Å². The average molecular weight is 201 g/mol. The number of hydrogen-bond acceptors (Lipinski definition) is 3. The summed E-state index contributed by atoms with van der Waals surface area (Å²) in [7, 11) is -1.00. The van der Waals surface area contributed by atoms with Crippen molar-refractivity contribution in [1.82, 2.24) is 0 Å². The zero-order chi connectivity index (χ0) is 8.81. The quantitative estimate of drug-likeness (QED) is 0.418. The Morgan fingerprint density at radius 1 is 1.75 bits per heavy atom. The zero-order valence-electron chi connectivity index (χ0n) is 6.21. The fraction of sp³-hybridized carbons (Fsp3) is 0.333. The molecule has 0 bridgehead atoms. The lowest BCUT2D eigenvalue weighted by atomic mass is 10.7. The third-order valence-electron chi connectivity index (χ3n) is 1.16. The van der Waals surface area contributed by atoms with Crippen LogP contribution in [0.4, 0.5) is 0 Å². The van der Waals surface area contributed by atoms with Gasteiger partial charge in [-0.15, -0.1) is 11.3 Å². The Morgan fingerprint density at radius 3 is 3.17 bits per heavy atom. The normalized spacial score (nSPS) is 12.0. The predicted molar refractivity (Wildman–Crippen MR) is 49.6 cm³/mol. The number of hydrogen-bond donors (Lipinski definition) is 0. The lowest BCUT2D eigenvalue weighted by Gasteiger charge is -1.92. The Hall–Kier alpha value is -0.840. The van der Waals surface area contributed by atoms with Crippen molar-refractivity contribution in [2.45, 2.75) is 4.21 Å². The van der Waals surface area contributed by atoms with Crippen LogP contribution < -0.4 is 0 Å². The van der Waals surface area contributed by atoms with Gasteiger partial charge in [-0.3, -0.25) is 4.21 Å². The highest BCUT2D eigenvalue weighted by atomic mass is 32.2. The van der Waals surface area contributed by atoms with E-state index in [9.17, 15) is 4.21 Å². The van der Waals surface area contributed by atoms with Gasteiger partial charge in [-0.05, 0) is 17.0 Å². The van der Waals surface area contributed by atoms with Gasteiger partial charge in [0.25, 0.3) is 0 Å². The molecule has 0 saturated heterocycles. The lowest BCUT2D eigenvalue weighted by Crippen LogP contribution is -1.98. The Bertz CT molecular complexity index is 303. The molecule has 0 aliphatic heterocycles. The van der Waals surface area contributed by atoms with Crippen molar-refractivity contribution >= 4 is 22.1 Å². The van der Waals surface area contributed by atoms with Crippen LogP contribution in [0, 0.1) is 0 Å². The van der Waals surface area contributed by atoms with Crippen molar-refractivity contribution in [2.24, 2.45) is 5.11 Å². The molecule has 0 saturated carbocycles. The summed E-state index contributed by atoms with van der Waals surface area (Å²) < 4.78 is 12.2. The van der Waals surface area contributed by atoms with Crippen molar-refractivity contribution in [1.29, 1.82) is 0 Å². The first-order chi connectivity index (χ1) is 5.84. The number of nitrogens with zero attached hydrogens (tertiary/aromatic N) is 3. The summed E-state index contributed by atoms with van der Waals surface area (Å²) in [5, 5.41) is 5.19. The van der Waals surface area contributed by atoms with Crippen molar-refractivity contribution in [2.75, 3.05) is 12.3 Å². The summed E-state index contributed by atoms with van der Waals surface area (Å²) >= 11 is 1.45. The summed E-state index contributed by atoms with van der Waals surface area (Å²) in [5.41, 5.74) is 7.97. The second-order valence-corrected chi connectivity index (χ2v) is 4.68. The van der Waals surface area contributed by atoms with Crippen LogP contribution in [0.1, 0.15) is 0 Å². The zero-order valence-corrected chi connectivity index (χ0v) is 7.85. The molecule has 12 heavy (non-hydrogen) atoms. The molecule has 0 aliphatic rings. The smallest absolute Gasteiger partial charge is 0.0910 e. The maximum absolute atomic E-state index is 11.3. The van der Waals surface area contributed by atoms with Gasteiger partial charge in [-0.1, -0.05) is 11.2 Å². The minimum absolute atomic E-state index is 0.293. The second kappa shape index (κ2) is 4.92. The van der Waals surface area contributed by atoms with Crippen LogP contribution in [-0.2, 0) is 10.8 Å². The molecular weight excluding hydrogens is 194 g/mol. The molecule has 0 aromatic carbocycles. The van der Waals surface area contributed by atoms with E-state index in [1.165, 1.54) is 11.3 Å². The van der Waals surface area contributed by atoms with Crippen LogP contribution in [-0.4, -0.2) is 16.5 Å². The first kappa shape index (κ1) is 9.25. The Labute approximate surface area is 76.3 Å². The summed E-state index contributed by atoms with van der Waals surface area (Å²) in [4.78, 5) is 2.58. The van der Waals surface area contributed by atoms with E-state index in [1.807, 2.05) is 17.5 Å². The van der Waals surface area contributed by atoms with E-state index in [-0.39, 0.29) is 0 Å². The van der Waals surface area contributed by atoms with Crippen LogP contribution in [0.25, 0.3) is 10.4 Å². The topological polar surface area (TPSA) is 65.8 Å². The molecule has 1 aromatic rings. The molecule has 0 radical (unpaired) electrons. The summed E-state index contributed by atoms with van der Waals surface area (Å²) in [6.45, 7) is 0.293. The van der Waals surface area contributed by atoms with Crippen molar-refractivity contribution < 1.29 is 4.21 Å². The highest BCUT2D eigenvalue weighted by Crippen LogP contribution is 2.13. The van der Waals surface area contributed by atoms with Crippen LogP contribution in [0.15, 0.2) is 26.8 Å². The molecule has 0 N–H and O–H groups in total.